The van der Waals surface area contributed by atoms with Gasteiger partial charge >= 0.3 is 18.2 Å². The quantitative estimate of drug-likeness (QED) is 0.443. The Morgan fingerprint density at radius 2 is 1.62 bits per heavy atom. The van der Waals surface area contributed by atoms with Gasteiger partial charge in [0, 0.05) is 5.69 Å². The normalized spacial score (nSPS) is 11.8. The summed E-state index contributed by atoms with van der Waals surface area (Å²) < 4.78 is 10.2. The molecule has 0 fully saturated rings. The molecule has 0 heterocycles. The SMILES string of the molecule is CN[C@@H](Cc1cccc(NC(=O)OC(C)(C)C)c1)C(=O)ONC(=O)OCc1ccccc1. The first-order valence-corrected chi connectivity index (χ1v) is 10.1. The molecule has 0 spiro atoms. The second kappa shape index (κ2) is 11.7. The second-order valence-electron chi connectivity index (χ2n) is 7.96. The van der Waals surface area contributed by atoms with Gasteiger partial charge in [-0.1, -0.05) is 42.5 Å². The Labute approximate surface area is 187 Å². The number of hydrogen-bond donors (Lipinski definition) is 3. The third-order valence-corrected chi connectivity index (χ3v) is 4.09. The highest BCUT2D eigenvalue weighted by molar-refractivity contribution is 5.85. The maximum atomic E-state index is 12.3. The van der Waals surface area contributed by atoms with Crippen LogP contribution in [0.1, 0.15) is 31.9 Å². The summed E-state index contributed by atoms with van der Waals surface area (Å²) in [6.07, 6.45) is -1.18. The van der Waals surface area contributed by atoms with Gasteiger partial charge in [-0.2, -0.15) is 0 Å². The number of hydroxylamine groups is 1. The molecule has 1 atom stereocenters. The van der Waals surface area contributed by atoms with E-state index in [2.05, 4.69) is 10.6 Å². The van der Waals surface area contributed by atoms with E-state index in [1.807, 2.05) is 35.8 Å². The van der Waals surface area contributed by atoms with E-state index in [-0.39, 0.29) is 13.0 Å². The van der Waals surface area contributed by atoms with Gasteiger partial charge in [-0.3, -0.25) is 5.32 Å². The minimum Gasteiger partial charge on any atom is -0.444 e. The number of hydrogen-bond acceptors (Lipinski definition) is 7. The lowest BCUT2D eigenvalue weighted by atomic mass is 10.1. The maximum absolute atomic E-state index is 12.3. The van der Waals surface area contributed by atoms with E-state index in [0.717, 1.165) is 11.1 Å². The van der Waals surface area contributed by atoms with Gasteiger partial charge in [0.2, 0.25) is 0 Å². The molecule has 0 aliphatic rings. The molecule has 0 saturated carbocycles. The molecule has 2 amide bonds. The Hall–Kier alpha value is -3.59. The summed E-state index contributed by atoms with van der Waals surface area (Å²) in [5.41, 5.74) is 3.48. The smallest absolute Gasteiger partial charge is 0.441 e. The summed E-state index contributed by atoms with van der Waals surface area (Å²) >= 11 is 0. The molecule has 2 aromatic carbocycles. The summed E-state index contributed by atoms with van der Waals surface area (Å²) in [5.74, 6) is -0.685. The lowest BCUT2D eigenvalue weighted by Crippen LogP contribution is -2.41. The minimum atomic E-state index is -0.874. The first-order valence-electron chi connectivity index (χ1n) is 10.1. The van der Waals surface area contributed by atoms with Gasteiger partial charge in [0.15, 0.2) is 0 Å². The fourth-order valence-electron chi connectivity index (χ4n) is 2.65. The number of carbonyl (C=O) groups is 3. The molecule has 9 nitrogen and oxygen atoms in total. The molecule has 2 aromatic rings. The zero-order valence-corrected chi connectivity index (χ0v) is 18.6. The Morgan fingerprint density at radius 3 is 2.28 bits per heavy atom. The van der Waals surface area contributed by atoms with Crippen LogP contribution in [0, 0.1) is 0 Å². The van der Waals surface area contributed by atoms with Crippen molar-refractivity contribution in [3.8, 4) is 0 Å². The van der Waals surface area contributed by atoms with Crippen molar-refractivity contribution in [3.63, 3.8) is 0 Å². The number of amides is 2. The van der Waals surface area contributed by atoms with Crippen molar-refractivity contribution in [2.24, 2.45) is 0 Å². The van der Waals surface area contributed by atoms with E-state index in [1.165, 1.54) is 0 Å². The van der Waals surface area contributed by atoms with Gasteiger partial charge in [0.05, 0.1) is 0 Å². The van der Waals surface area contributed by atoms with Crippen LogP contribution in [0.15, 0.2) is 54.6 Å². The van der Waals surface area contributed by atoms with E-state index < -0.39 is 29.8 Å². The number of ether oxygens (including phenoxy) is 2. The van der Waals surface area contributed by atoms with Crippen LogP contribution in [0.2, 0.25) is 0 Å². The lowest BCUT2D eigenvalue weighted by Gasteiger charge is -2.20. The molecule has 172 valence electrons. The monoisotopic (exact) mass is 443 g/mol. The molecule has 2 rings (SSSR count). The molecule has 32 heavy (non-hydrogen) atoms. The maximum Gasteiger partial charge on any atom is 0.441 e. The summed E-state index contributed by atoms with van der Waals surface area (Å²) in [5, 5.41) is 5.50. The average Bonchev–Trinajstić information content (AvgIpc) is 2.74. The van der Waals surface area contributed by atoms with E-state index in [4.69, 9.17) is 14.3 Å². The van der Waals surface area contributed by atoms with Gasteiger partial charge in [0.1, 0.15) is 18.2 Å². The summed E-state index contributed by atoms with van der Waals surface area (Å²) in [6, 6.07) is 15.4. The Balaban J connectivity index is 1.84. The highest BCUT2D eigenvalue weighted by Gasteiger charge is 2.21. The van der Waals surface area contributed by atoms with Crippen LogP contribution < -0.4 is 16.1 Å². The molecule has 0 radical (unpaired) electrons. The van der Waals surface area contributed by atoms with Crippen LogP contribution in [0.25, 0.3) is 0 Å². The standard InChI is InChI=1S/C23H29N3O6/c1-23(2,3)31-21(28)25-18-12-8-11-17(13-18)14-19(24-4)20(27)32-26-22(29)30-15-16-9-6-5-7-10-16/h5-13,19,24H,14-15H2,1-4H3,(H,25,28)(H,26,29)/t19-/m0/s1. The van der Waals surface area contributed by atoms with E-state index in [0.29, 0.717) is 5.69 Å². The number of likely N-dealkylation sites (N-methyl/N-ethyl adjacent to an activating group) is 1. The van der Waals surface area contributed by atoms with Crippen LogP contribution in [-0.2, 0) is 32.1 Å². The fourth-order valence-corrected chi connectivity index (χ4v) is 2.65. The highest BCUT2D eigenvalue weighted by Crippen LogP contribution is 2.15. The van der Waals surface area contributed by atoms with Crippen LogP contribution in [-0.4, -0.2) is 36.8 Å². The Morgan fingerprint density at radius 1 is 0.938 bits per heavy atom. The molecule has 0 aromatic heterocycles. The molecule has 0 aliphatic carbocycles. The summed E-state index contributed by atoms with van der Waals surface area (Å²) in [6.45, 7) is 5.38. The lowest BCUT2D eigenvalue weighted by molar-refractivity contribution is -0.152. The molecule has 0 aliphatic heterocycles. The molecular formula is C23H29N3O6. The van der Waals surface area contributed by atoms with Crippen molar-refractivity contribution < 1.29 is 28.7 Å². The number of carbonyl (C=O) groups excluding carboxylic acids is 3. The first-order chi connectivity index (χ1) is 15.2. The van der Waals surface area contributed by atoms with Crippen molar-refractivity contribution in [1.29, 1.82) is 0 Å². The number of nitrogens with one attached hydrogen (secondary N) is 3. The van der Waals surface area contributed by atoms with Crippen molar-refractivity contribution in [3.05, 3.63) is 65.7 Å². The molecule has 0 unspecified atom stereocenters. The molecular weight excluding hydrogens is 414 g/mol. The third kappa shape index (κ3) is 9.05. The van der Waals surface area contributed by atoms with E-state index in [9.17, 15) is 14.4 Å². The summed E-state index contributed by atoms with van der Waals surface area (Å²) in [4.78, 5) is 40.9. The Bertz CT molecular complexity index is 911. The third-order valence-electron chi connectivity index (χ3n) is 4.09. The molecule has 0 saturated heterocycles. The fraction of sp³-hybridized carbons (Fsp3) is 0.348. The van der Waals surface area contributed by atoms with Crippen LogP contribution >= 0.6 is 0 Å². The first kappa shape index (κ1) is 24.7. The van der Waals surface area contributed by atoms with Crippen molar-refractivity contribution >= 4 is 23.8 Å². The van der Waals surface area contributed by atoms with Gasteiger partial charge in [-0.25, -0.2) is 14.4 Å². The van der Waals surface area contributed by atoms with E-state index in [1.54, 1.807) is 52.1 Å². The largest absolute Gasteiger partial charge is 0.444 e. The zero-order valence-electron chi connectivity index (χ0n) is 18.6. The van der Waals surface area contributed by atoms with Crippen molar-refractivity contribution in [2.45, 2.75) is 45.4 Å². The predicted molar refractivity (Wildman–Crippen MR) is 119 cm³/mol. The van der Waals surface area contributed by atoms with Crippen LogP contribution in [0.4, 0.5) is 15.3 Å². The van der Waals surface area contributed by atoms with Crippen molar-refractivity contribution in [1.82, 2.24) is 10.8 Å². The molecule has 3 N–H and O–H groups in total. The zero-order chi connectivity index (χ0) is 23.6. The average molecular weight is 444 g/mol. The number of anilines is 1. The van der Waals surface area contributed by atoms with E-state index >= 15 is 0 Å². The summed E-state index contributed by atoms with van der Waals surface area (Å²) in [7, 11) is 1.60. The minimum absolute atomic E-state index is 0.0527. The van der Waals surface area contributed by atoms with Crippen LogP contribution in [0.5, 0.6) is 0 Å². The molecule has 0 bridgehead atoms. The second-order valence-corrected chi connectivity index (χ2v) is 7.96. The van der Waals surface area contributed by atoms with Gasteiger partial charge in [-0.05, 0) is 57.5 Å². The molecule has 9 heteroatoms. The van der Waals surface area contributed by atoms with Gasteiger partial charge < -0.3 is 19.6 Å². The van der Waals surface area contributed by atoms with Crippen molar-refractivity contribution in [2.75, 3.05) is 12.4 Å². The topological polar surface area (TPSA) is 115 Å². The highest BCUT2D eigenvalue weighted by atomic mass is 16.7. The number of rotatable bonds is 7. The van der Waals surface area contributed by atoms with Crippen LogP contribution in [0.3, 0.4) is 0 Å². The van der Waals surface area contributed by atoms with Gasteiger partial charge in [0.25, 0.3) is 0 Å². The predicted octanol–water partition coefficient (Wildman–Crippen LogP) is 3.55. The Kier molecular flexibility index (Phi) is 9.03. The van der Waals surface area contributed by atoms with Gasteiger partial charge in [-0.15, -0.1) is 5.48 Å². The number of benzene rings is 2.